The van der Waals surface area contributed by atoms with Crippen molar-refractivity contribution in [3.05, 3.63) is 0 Å². The van der Waals surface area contributed by atoms with Crippen molar-refractivity contribution in [2.24, 2.45) is 11.8 Å². The van der Waals surface area contributed by atoms with Gasteiger partial charge >= 0.3 is 0 Å². The summed E-state index contributed by atoms with van der Waals surface area (Å²) >= 11 is 0. The maximum absolute atomic E-state index is 11.3. The van der Waals surface area contributed by atoms with E-state index in [9.17, 15) is 13.2 Å². The Labute approximate surface area is 73.1 Å². The van der Waals surface area contributed by atoms with Crippen LogP contribution in [-0.2, 0) is 14.6 Å². The Morgan fingerprint density at radius 1 is 1.42 bits per heavy atom. The molecule has 0 aliphatic carbocycles. The van der Waals surface area contributed by atoms with Crippen LogP contribution in [0, 0.1) is 11.8 Å². The molecule has 70 valence electrons. The fourth-order valence-corrected chi connectivity index (χ4v) is 2.97. The summed E-state index contributed by atoms with van der Waals surface area (Å²) in [6, 6.07) is 0. The molecule has 1 heterocycles. The molecule has 0 aromatic heterocycles. The maximum atomic E-state index is 11.3. The summed E-state index contributed by atoms with van der Waals surface area (Å²) in [4.78, 5) is 11.3. The van der Waals surface area contributed by atoms with Gasteiger partial charge in [-0.2, -0.15) is 0 Å². The molecule has 1 aliphatic heterocycles. The highest BCUT2D eigenvalue weighted by Gasteiger charge is 2.32. The van der Waals surface area contributed by atoms with Crippen molar-refractivity contribution in [2.45, 2.75) is 20.3 Å². The summed E-state index contributed by atoms with van der Waals surface area (Å²) in [5.74, 6) is 0.0787. The molecule has 1 atom stereocenters. The fraction of sp³-hybridized carbons (Fsp3) is 0.875. The third-order valence-corrected chi connectivity index (χ3v) is 3.90. The van der Waals surface area contributed by atoms with Gasteiger partial charge in [-0.05, 0) is 12.3 Å². The van der Waals surface area contributed by atoms with Crippen LogP contribution in [0.5, 0.6) is 0 Å². The highest BCUT2D eigenvalue weighted by molar-refractivity contribution is 7.92. The molecule has 1 unspecified atom stereocenters. The van der Waals surface area contributed by atoms with Crippen LogP contribution in [0.25, 0.3) is 0 Å². The molecule has 1 fully saturated rings. The molecule has 12 heavy (non-hydrogen) atoms. The van der Waals surface area contributed by atoms with E-state index in [4.69, 9.17) is 0 Å². The molecule has 0 radical (unpaired) electrons. The lowest BCUT2D eigenvalue weighted by Gasteiger charge is -2.23. The van der Waals surface area contributed by atoms with E-state index in [-0.39, 0.29) is 29.1 Å². The molecule has 3 nitrogen and oxygen atoms in total. The van der Waals surface area contributed by atoms with Crippen molar-refractivity contribution >= 4 is 15.6 Å². The van der Waals surface area contributed by atoms with Crippen LogP contribution in [-0.4, -0.2) is 25.7 Å². The summed E-state index contributed by atoms with van der Waals surface area (Å²) in [7, 11) is -3.05. The Bertz CT molecular complexity index is 277. The van der Waals surface area contributed by atoms with Crippen molar-refractivity contribution in [1.29, 1.82) is 0 Å². The molecular formula is C8H14O3S. The largest absolute Gasteiger partial charge is 0.298 e. The monoisotopic (exact) mass is 190 g/mol. The first-order chi connectivity index (χ1) is 5.42. The summed E-state index contributed by atoms with van der Waals surface area (Å²) < 4.78 is 22.0. The van der Waals surface area contributed by atoms with Gasteiger partial charge in [0.2, 0.25) is 0 Å². The van der Waals surface area contributed by atoms with E-state index in [1.54, 1.807) is 0 Å². The van der Waals surface area contributed by atoms with Gasteiger partial charge in [-0.25, -0.2) is 8.42 Å². The lowest BCUT2D eigenvalue weighted by Crippen LogP contribution is -2.35. The molecule has 0 amide bonds. The summed E-state index contributed by atoms with van der Waals surface area (Å²) in [6.45, 7) is 3.92. The molecule has 1 aliphatic rings. The number of hydrogen-bond donors (Lipinski definition) is 0. The van der Waals surface area contributed by atoms with Crippen LogP contribution < -0.4 is 0 Å². The summed E-state index contributed by atoms with van der Waals surface area (Å²) in [5.41, 5.74) is 0. The highest BCUT2D eigenvalue weighted by Crippen LogP contribution is 2.22. The van der Waals surface area contributed by atoms with E-state index in [0.717, 1.165) is 0 Å². The second kappa shape index (κ2) is 3.17. The van der Waals surface area contributed by atoms with Gasteiger partial charge in [-0.1, -0.05) is 13.8 Å². The first kappa shape index (κ1) is 9.71. The van der Waals surface area contributed by atoms with Crippen molar-refractivity contribution in [3.8, 4) is 0 Å². The van der Waals surface area contributed by atoms with E-state index >= 15 is 0 Å². The first-order valence-electron chi connectivity index (χ1n) is 4.15. The zero-order valence-electron chi connectivity index (χ0n) is 7.41. The minimum absolute atomic E-state index is 0.0338. The molecule has 0 aromatic carbocycles. The van der Waals surface area contributed by atoms with Gasteiger partial charge in [0.05, 0.1) is 5.75 Å². The quantitative estimate of drug-likeness (QED) is 0.610. The molecule has 0 N–H and O–H groups in total. The normalized spacial score (nSPS) is 29.2. The van der Waals surface area contributed by atoms with Crippen LogP contribution in [0.1, 0.15) is 20.3 Å². The van der Waals surface area contributed by atoms with Gasteiger partial charge in [0, 0.05) is 5.92 Å². The van der Waals surface area contributed by atoms with Crippen LogP contribution in [0.15, 0.2) is 0 Å². The van der Waals surface area contributed by atoms with Gasteiger partial charge in [-0.15, -0.1) is 0 Å². The van der Waals surface area contributed by atoms with E-state index in [2.05, 4.69) is 0 Å². The molecule has 1 saturated heterocycles. The van der Waals surface area contributed by atoms with Crippen molar-refractivity contribution < 1.29 is 13.2 Å². The van der Waals surface area contributed by atoms with E-state index in [1.807, 2.05) is 13.8 Å². The third kappa shape index (κ3) is 2.06. The summed E-state index contributed by atoms with van der Waals surface area (Å²) in [6.07, 6.45) is 0.513. The zero-order chi connectivity index (χ0) is 9.35. The van der Waals surface area contributed by atoms with Crippen LogP contribution in [0.4, 0.5) is 0 Å². The highest BCUT2D eigenvalue weighted by atomic mass is 32.2. The smallest absolute Gasteiger partial charge is 0.157 e. The number of ketones is 1. The lowest BCUT2D eigenvalue weighted by molar-refractivity contribution is -0.122. The average molecular weight is 190 g/mol. The van der Waals surface area contributed by atoms with Crippen LogP contribution >= 0.6 is 0 Å². The van der Waals surface area contributed by atoms with E-state index in [0.29, 0.717) is 6.42 Å². The standard InChI is InChI=1S/C8H14O3S/c1-6(2)7-3-4-12(10,11)5-8(7)9/h6-7H,3-5H2,1-2H3. The van der Waals surface area contributed by atoms with E-state index in [1.165, 1.54) is 0 Å². The topological polar surface area (TPSA) is 51.2 Å². The number of sulfone groups is 1. The molecule has 0 saturated carbocycles. The minimum atomic E-state index is -3.05. The Morgan fingerprint density at radius 2 is 2.00 bits per heavy atom. The zero-order valence-corrected chi connectivity index (χ0v) is 8.23. The molecule has 1 rings (SSSR count). The van der Waals surface area contributed by atoms with E-state index < -0.39 is 9.84 Å². The predicted octanol–water partition coefficient (Wildman–Crippen LogP) is 0.646. The number of carbonyl (C=O) groups is 1. The van der Waals surface area contributed by atoms with Gasteiger partial charge in [0.1, 0.15) is 5.75 Å². The lowest BCUT2D eigenvalue weighted by atomic mass is 9.89. The van der Waals surface area contributed by atoms with Gasteiger partial charge in [-0.3, -0.25) is 4.79 Å². The fourth-order valence-electron chi connectivity index (χ4n) is 1.57. The molecule has 0 spiro atoms. The second-order valence-electron chi connectivity index (χ2n) is 3.70. The van der Waals surface area contributed by atoms with Gasteiger partial charge in [0.15, 0.2) is 15.6 Å². The predicted molar refractivity (Wildman–Crippen MR) is 46.6 cm³/mol. The maximum Gasteiger partial charge on any atom is 0.157 e. The van der Waals surface area contributed by atoms with Crippen molar-refractivity contribution in [2.75, 3.05) is 11.5 Å². The van der Waals surface area contributed by atoms with Crippen LogP contribution in [0.3, 0.4) is 0 Å². The Hall–Kier alpha value is -0.380. The van der Waals surface area contributed by atoms with Gasteiger partial charge < -0.3 is 0 Å². The Balaban J connectivity index is 2.73. The number of Topliss-reactive ketones (excluding diaryl/α,β-unsaturated/α-hetero) is 1. The molecule has 4 heteroatoms. The Morgan fingerprint density at radius 3 is 2.42 bits per heavy atom. The number of hydrogen-bond acceptors (Lipinski definition) is 3. The average Bonchev–Trinajstić information content (AvgIpc) is 1.83. The SMILES string of the molecule is CC(C)C1CCS(=O)(=O)CC1=O. The summed E-state index contributed by atoms with van der Waals surface area (Å²) in [5, 5.41) is 0. The van der Waals surface area contributed by atoms with Crippen molar-refractivity contribution in [1.82, 2.24) is 0 Å². The third-order valence-electron chi connectivity index (χ3n) is 2.32. The van der Waals surface area contributed by atoms with Crippen LogP contribution in [0.2, 0.25) is 0 Å². The molecule has 0 bridgehead atoms. The number of rotatable bonds is 1. The Kier molecular flexibility index (Phi) is 2.56. The molecular weight excluding hydrogens is 176 g/mol. The molecule has 0 aromatic rings. The second-order valence-corrected chi connectivity index (χ2v) is 5.88. The minimum Gasteiger partial charge on any atom is -0.298 e. The van der Waals surface area contributed by atoms with Gasteiger partial charge in [0.25, 0.3) is 0 Å². The number of carbonyl (C=O) groups excluding carboxylic acids is 1. The first-order valence-corrected chi connectivity index (χ1v) is 5.97. The van der Waals surface area contributed by atoms with Crippen molar-refractivity contribution in [3.63, 3.8) is 0 Å².